The van der Waals surface area contributed by atoms with Crippen LogP contribution in [-0.4, -0.2) is 40.6 Å². The predicted molar refractivity (Wildman–Crippen MR) is 94.0 cm³/mol. The van der Waals surface area contributed by atoms with Gasteiger partial charge in [0.25, 0.3) is 0 Å². The summed E-state index contributed by atoms with van der Waals surface area (Å²) in [5.74, 6) is 0. The van der Waals surface area contributed by atoms with Crippen molar-refractivity contribution in [2.24, 2.45) is 0 Å². The van der Waals surface area contributed by atoms with Crippen molar-refractivity contribution in [1.82, 2.24) is 4.90 Å². The van der Waals surface area contributed by atoms with Crippen molar-refractivity contribution in [3.05, 3.63) is 35.4 Å². The van der Waals surface area contributed by atoms with Gasteiger partial charge in [0.2, 0.25) is 5.12 Å². The van der Waals surface area contributed by atoms with E-state index in [-0.39, 0.29) is 17.3 Å². The molecule has 0 radical (unpaired) electrons. The van der Waals surface area contributed by atoms with E-state index in [9.17, 15) is 9.59 Å². The maximum absolute atomic E-state index is 12.3. The van der Waals surface area contributed by atoms with Gasteiger partial charge in [-0.15, -0.1) is 0 Å². The standard InChI is InChI=1S/C18H25NO3S/c1-18(2,3)22-17(21)19-10-6-9-15(19)12-13-7-5-8-14(11-13)16(20)23-4/h5,7-8,11,15H,6,9-10,12H2,1-4H3. The lowest BCUT2D eigenvalue weighted by atomic mass is 10.0. The molecule has 1 atom stereocenters. The molecule has 1 fully saturated rings. The molecule has 1 aliphatic rings. The molecule has 1 amide bonds. The number of ether oxygens (including phenoxy) is 1. The molecule has 1 aliphatic heterocycles. The second-order valence-electron chi connectivity index (χ2n) is 6.87. The fourth-order valence-electron chi connectivity index (χ4n) is 2.82. The van der Waals surface area contributed by atoms with Gasteiger partial charge in [-0.1, -0.05) is 30.0 Å². The summed E-state index contributed by atoms with van der Waals surface area (Å²) in [6, 6.07) is 7.84. The number of rotatable bonds is 3. The van der Waals surface area contributed by atoms with Crippen molar-refractivity contribution in [3.8, 4) is 0 Å². The molecule has 0 spiro atoms. The van der Waals surface area contributed by atoms with E-state index in [0.29, 0.717) is 0 Å². The smallest absolute Gasteiger partial charge is 0.410 e. The number of carbonyl (C=O) groups excluding carboxylic acids is 2. The van der Waals surface area contributed by atoms with Crippen molar-refractivity contribution < 1.29 is 14.3 Å². The van der Waals surface area contributed by atoms with Crippen LogP contribution in [0.3, 0.4) is 0 Å². The Morgan fingerprint density at radius 1 is 1.35 bits per heavy atom. The summed E-state index contributed by atoms with van der Waals surface area (Å²) in [7, 11) is 0. The number of hydrogen-bond acceptors (Lipinski definition) is 4. The van der Waals surface area contributed by atoms with Gasteiger partial charge in [0, 0.05) is 18.2 Å². The fraction of sp³-hybridized carbons (Fsp3) is 0.556. The van der Waals surface area contributed by atoms with Gasteiger partial charge in [0.05, 0.1) is 0 Å². The molecule has 2 rings (SSSR count). The summed E-state index contributed by atoms with van der Waals surface area (Å²) in [6.07, 6.45) is 4.27. The van der Waals surface area contributed by atoms with Crippen LogP contribution in [0.5, 0.6) is 0 Å². The monoisotopic (exact) mass is 335 g/mol. The highest BCUT2D eigenvalue weighted by molar-refractivity contribution is 8.13. The SMILES string of the molecule is CSC(=O)c1cccc(CC2CCCN2C(=O)OC(C)(C)C)c1. The fourth-order valence-corrected chi connectivity index (χ4v) is 3.19. The van der Waals surface area contributed by atoms with Crippen LogP contribution in [0.25, 0.3) is 0 Å². The summed E-state index contributed by atoms with van der Waals surface area (Å²) in [4.78, 5) is 26.0. The Bertz CT molecular complexity index is 580. The van der Waals surface area contributed by atoms with Crippen molar-refractivity contribution >= 4 is 23.0 Å². The van der Waals surface area contributed by atoms with Crippen LogP contribution in [-0.2, 0) is 11.2 Å². The topological polar surface area (TPSA) is 46.6 Å². The number of carbonyl (C=O) groups is 2. The summed E-state index contributed by atoms with van der Waals surface area (Å²) in [5, 5.41) is 0.0715. The highest BCUT2D eigenvalue weighted by Gasteiger charge is 2.32. The molecular formula is C18H25NO3S. The van der Waals surface area contributed by atoms with Crippen LogP contribution in [0.15, 0.2) is 24.3 Å². The van der Waals surface area contributed by atoms with Crippen LogP contribution in [0, 0.1) is 0 Å². The number of thioether (sulfide) groups is 1. The highest BCUT2D eigenvalue weighted by Crippen LogP contribution is 2.24. The Kier molecular flexibility index (Phi) is 5.74. The van der Waals surface area contributed by atoms with E-state index >= 15 is 0 Å². The Morgan fingerprint density at radius 3 is 2.74 bits per heavy atom. The lowest BCUT2D eigenvalue weighted by molar-refractivity contribution is 0.0226. The van der Waals surface area contributed by atoms with Crippen LogP contribution in [0.4, 0.5) is 4.79 Å². The van der Waals surface area contributed by atoms with Gasteiger partial charge in [-0.2, -0.15) is 0 Å². The molecule has 23 heavy (non-hydrogen) atoms. The average Bonchev–Trinajstić information content (AvgIpc) is 2.93. The molecule has 1 unspecified atom stereocenters. The first-order valence-corrected chi connectivity index (χ1v) is 9.19. The Morgan fingerprint density at radius 2 is 2.09 bits per heavy atom. The van der Waals surface area contributed by atoms with Gasteiger partial charge in [-0.05, 0) is 57.9 Å². The molecule has 0 bridgehead atoms. The lowest BCUT2D eigenvalue weighted by Gasteiger charge is -2.28. The number of nitrogens with zero attached hydrogens (tertiary/aromatic N) is 1. The van der Waals surface area contributed by atoms with Crippen molar-refractivity contribution in [3.63, 3.8) is 0 Å². The van der Waals surface area contributed by atoms with E-state index in [1.165, 1.54) is 11.8 Å². The quantitative estimate of drug-likeness (QED) is 0.833. The van der Waals surface area contributed by atoms with Gasteiger partial charge in [0.1, 0.15) is 5.60 Å². The Labute approximate surface area is 142 Å². The zero-order valence-corrected chi connectivity index (χ0v) is 15.1. The van der Waals surface area contributed by atoms with Crippen LogP contribution in [0.2, 0.25) is 0 Å². The molecule has 5 heteroatoms. The van der Waals surface area contributed by atoms with E-state index in [1.807, 2.05) is 49.9 Å². The first-order chi connectivity index (χ1) is 10.8. The molecule has 1 aromatic rings. The molecule has 0 saturated carbocycles. The highest BCUT2D eigenvalue weighted by atomic mass is 32.2. The minimum absolute atomic E-state index is 0.0715. The largest absolute Gasteiger partial charge is 0.444 e. The van der Waals surface area contributed by atoms with Gasteiger partial charge >= 0.3 is 6.09 Å². The predicted octanol–water partition coefficient (Wildman–Crippen LogP) is 4.13. The molecule has 0 N–H and O–H groups in total. The van der Waals surface area contributed by atoms with Gasteiger partial charge < -0.3 is 9.64 Å². The first kappa shape index (κ1) is 17.9. The lowest BCUT2D eigenvalue weighted by Crippen LogP contribution is -2.40. The maximum Gasteiger partial charge on any atom is 0.410 e. The summed E-state index contributed by atoms with van der Waals surface area (Å²) < 4.78 is 5.50. The maximum atomic E-state index is 12.3. The number of amides is 1. The number of benzene rings is 1. The van der Waals surface area contributed by atoms with Crippen LogP contribution >= 0.6 is 11.8 Å². The molecule has 1 heterocycles. The summed E-state index contributed by atoms with van der Waals surface area (Å²) in [5.41, 5.74) is 1.33. The molecule has 126 valence electrons. The minimum atomic E-state index is -0.477. The van der Waals surface area contributed by atoms with E-state index in [1.54, 1.807) is 6.26 Å². The average molecular weight is 335 g/mol. The van der Waals surface area contributed by atoms with E-state index in [2.05, 4.69) is 0 Å². The van der Waals surface area contributed by atoms with Gasteiger partial charge in [0.15, 0.2) is 0 Å². The molecule has 1 aromatic carbocycles. The Balaban J connectivity index is 2.07. The van der Waals surface area contributed by atoms with E-state index < -0.39 is 5.60 Å². The van der Waals surface area contributed by atoms with Gasteiger partial charge in [-0.3, -0.25) is 4.79 Å². The van der Waals surface area contributed by atoms with Crippen molar-refractivity contribution in [1.29, 1.82) is 0 Å². The third-order valence-electron chi connectivity index (χ3n) is 3.82. The molecule has 1 saturated heterocycles. The minimum Gasteiger partial charge on any atom is -0.444 e. The van der Waals surface area contributed by atoms with Crippen LogP contribution in [0.1, 0.15) is 49.5 Å². The first-order valence-electron chi connectivity index (χ1n) is 7.97. The zero-order valence-electron chi connectivity index (χ0n) is 14.3. The second kappa shape index (κ2) is 7.39. The van der Waals surface area contributed by atoms with E-state index in [0.717, 1.165) is 36.9 Å². The summed E-state index contributed by atoms with van der Waals surface area (Å²) in [6.45, 7) is 6.39. The third-order valence-corrected chi connectivity index (χ3v) is 4.43. The summed E-state index contributed by atoms with van der Waals surface area (Å²) >= 11 is 1.22. The van der Waals surface area contributed by atoms with E-state index in [4.69, 9.17) is 4.74 Å². The molecular weight excluding hydrogens is 310 g/mol. The molecule has 4 nitrogen and oxygen atoms in total. The third kappa shape index (κ3) is 4.99. The second-order valence-corrected chi connectivity index (χ2v) is 7.64. The van der Waals surface area contributed by atoms with Crippen LogP contribution < -0.4 is 0 Å². The Hall–Kier alpha value is -1.49. The van der Waals surface area contributed by atoms with Crippen molar-refractivity contribution in [2.75, 3.05) is 12.8 Å². The number of likely N-dealkylation sites (tertiary alicyclic amines) is 1. The zero-order chi connectivity index (χ0) is 17.0. The number of hydrogen-bond donors (Lipinski definition) is 0. The molecule has 0 aliphatic carbocycles. The molecule has 0 aromatic heterocycles. The normalized spacial score (nSPS) is 18.1. The van der Waals surface area contributed by atoms with Crippen molar-refractivity contribution in [2.45, 2.75) is 51.7 Å². The van der Waals surface area contributed by atoms with Gasteiger partial charge in [-0.25, -0.2) is 4.79 Å².